The van der Waals surface area contributed by atoms with E-state index in [-0.39, 0.29) is 12.5 Å². The van der Waals surface area contributed by atoms with Crippen LogP contribution in [0.25, 0.3) is 0 Å². The standard InChI is InChI=1S/C14H19N3O2S/c1-19-11(8-16)13(18)17-14-10(7-15)9-5-3-2-4-6-12(9)20-14/h11H,2-6,8,16H2,1H3,(H,17,18). The summed E-state index contributed by atoms with van der Waals surface area (Å²) < 4.78 is 5.01. The first-order chi connectivity index (χ1) is 9.71. The molecule has 1 aliphatic carbocycles. The maximum Gasteiger partial charge on any atom is 0.255 e. The van der Waals surface area contributed by atoms with Crippen LogP contribution in [0.3, 0.4) is 0 Å². The minimum atomic E-state index is -0.677. The van der Waals surface area contributed by atoms with Gasteiger partial charge in [0.05, 0.1) is 5.56 Å². The number of fused-ring (bicyclic) bond motifs is 1. The van der Waals surface area contributed by atoms with Crippen LogP contribution in [0.1, 0.15) is 35.3 Å². The van der Waals surface area contributed by atoms with Crippen molar-refractivity contribution in [2.75, 3.05) is 19.0 Å². The van der Waals surface area contributed by atoms with Crippen molar-refractivity contribution < 1.29 is 9.53 Å². The van der Waals surface area contributed by atoms with Gasteiger partial charge in [-0.15, -0.1) is 11.3 Å². The summed E-state index contributed by atoms with van der Waals surface area (Å²) in [4.78, 5) is 13.2. The summed E-state index contributed by atoms with van der Waals surface area (Å²) in [5.74, 6) is -0.289. The maximum atomic E-state index is 12.0. The van der Waals surface area contributed by atoms with E-state index in [0.29, 0.717) is 10.6 Å². The largest absolute Gasteiger partial charge is 0.370 e. The number of hydrogen-bond acceptors (Lipinski definition) is 5. The van der Waals surface area contributed by atoms with Crippen molar-refractivity contribution in [2.45, 2.75) is 38.2 Å². The molecule has 0 fully saturated rings. The third-order valence-corrected chi connectivity index (χ3v) is 4.77. The van der Waals surface area contributed by atoms with Gasteiger partial charge >= 0.3 is 0 Å². The van der Waals surface area contributed by atoms with Gasteiger partial charge in [0.1, 0.15) is 17.2 Å². The smallest absolute Gasteiger partial charge is 0.255 e. The predicted molar refractivity (Wildman–Crippen MR) is 78.8 cm³/mol. The Morgan fingerprint density at radius 3 is 2.90 bits per heavy atom. The fraction of sp³-hybridized carbons (Fsp3) is 0.571. The molecule has 6 heteroatoms. The number of rotatable bonds is 4. The van der Waals surface area contributed by atoms with E-state index in [9.17, 15) is 10.1 Å². The van der Waals surface area contributed by atoms with Crippen molar-refractivity contribution in [1.29, 1.82) is 5.26 Å². The van der Waals surface area contributed by atoms with Crippen LogP contribution in [-0.4, -0.2) is 25.7 Å². The highest BCUT2D eigenvalue weighted by atomic mass is 32.1. The predicted octanol–water partition coefficient (Wildman–Crippen LogP) is 1.80. The summed E-state index contributed by atoms with van der Waals surface area (Å²) in [5, 5.41) is 12.8. The number of methoxy groups -OCH3 is 1. The van der Waals surface area contributed by atoms with E-state index in [1.54, 1.807) is 0 Å². The van der Waals surface area contributed by atoms with Crippen molar-refractivity contribution in [3.63, 3.8) is 0 Å². The fourth-order valence-electron chi connectivity index (χ4n) is 2.45. The third-order valence-electron chi connectivity index (χ3n) is 3.56. The van der Waals surface area contributed by atoms with Gasteiger partial charge in [0.25, 0.3) is 5.91 Å². The van der Waals surface area contributed by atoms with Crippen LogP contribution in [0.5, 0.6) is 0 Å². The lowest BCUT2D eigenvalue weighted by molar-refractivity contribution is -0.125. The summed E-state index contributed by atoms with van der Waals surface area (Å²) in [5.41, 5.74) is 7.21. The molecule has 108 valence electrons. The zero-order valence-electron chi connectivity index (χ0n) is 11.6. The Morgan fingerprint density at radius 1 is 1.50 bits per heavy atom. The SMILES string of the molecule is COC(CN)C(=O)Nc1sc2c(c1C#N)CCCCC2. The molecule has 0 saturated heterocycles. The Balaban J connectivity index is 2.25. The second kappa shape index (κ2) is 6.84. The first-order valence-electron chi connectivity index (χ1n) is 6.79. The zero-order chi connectivity index (χ0) is 14.5. The van der Waals surface area contributed by atoms with Crippen molar-refractivity contribution in [1.82, 2.24) is 0 Å². The number of nitrogens with two attached hydrogens (primary N) is 1. The normalized spacial score (nSPS) is 15.8. The number of hydrogen-bond donors (Lipinski definition) is 2. The maximum absolute atomic E-state index is 12.0. The molecule has 0 aliphatic heterocycles. The Morgan fingerprint density at radius 2 is 2.25 bits per heavy atom. The number of amides is 1. The molecule has 3 N–H and O–H groups in total. The molecule has 0 aromatic carbocycles. The molecule has 1 heterocycles. The highest BCUT2D eigenvalue weighted by molar-refractivity contribution is 7.16. The van der Waals surface area contributed by atoms with E-state index in [2.05, 4.69) is 11.4 Å². The van der Waals surface area contributed by atoms with E-state index in [4.69, 9.17) is 10.5 Å². The minimum absolute atomic E-state index is 0.120. The molecule has 1 atom stereocenters. The first-order valence-corrected chi connectivity index (χ1v) is 7.61. The van der Waals surface area contributed by atoms with Gasteiger partial charge < -0.3 is 15.8 Å². The van der Waals surface area contributed by atoms with Crippen LogP contribution in [0.15, 0.2) is 0 Å². The number of thiophene rings is 1. The molecule has 20 heavy (non-hydrogen) atoms. The number of ether oxygens (including phenoxy) is 1. The molecule has 0 bridgehead atoms. The molecule has 1 aromatic heterocycles. The van der Waals surface area contributed by atoms with Gasteiger partial charge in [-0.25, -0.2) is 0 Å². The number of nitriles is 1. The summed E-state index contributed by atoms with van der Waals surface area (Å²) in [6, 6.07) is 2.24. The molecular weight excluding hydrogens is 274 g/mol. The first kappa shape index (κ1) is 15.0. The van der Waals surface area contributed by atoms with E-state index < -0.39 is 6.10 Å². The Bertz CT molecular complexity index is 529. The van der Waals surface area contributed by atoms with E-state index in [0.717, 1.165) is 31.2 Å². The summed E-state index contributed by atoms with van der Waals surface area (Å²) in [6.07, 6.45) is 4.70. The van der Waals surface area contributed by atoms with Crippen LogP contribution in [0.2, 0.25) is 0 Å². The van der Waals surface area contributed by atoms with Crippen molar-refractivity contribution >= 4 is 22.2 Å². The Labute approximate surface area is 122 Å². The molecule has 1 aliphatic rings. The average Bonchev–Trinajstić information content (AvgIpc) is 2.61. The van der Waals surface area contributed by atoms with Gasteiger partial charge in [-0.3, -0.25) is 4.79 Å². The Kier molecular flexibility index (Phi) is 5.12. The molecule has 0 saturated carbocycles. The van der Waals surface area contributed by atoms with Crippen LogP contribution < -0.4 is 11.1 Å². The van der Waals surface area contributed by atoms with E-state index in [1.807, 2.05) is 0 Å². The van der Waals surface area contributed by atoms with Gasteiger partial charge in [-0.05, 0) is 31.2 Å². The van der Waals surface area contributed by atoms with Gasteiger partial charge in [-0.1, -0.05) is 6.42 Å². The Hall–Kier alpha value is -1.42. The van der Waals surface area contributed by atoms with E-state index in [1.165, 1.54) is 29.7 Å². The summed E-state index contributed by atoms with van der Waals surface area (Å²) in [7, 11) is 1.45. The third kappa shape index (κ3) is 3.01. The number of carbonyl (C=O) groups is 1. The second-order valence-corrected chi connectivity index (χ2v) is 5.93. The van der Waals surface area contributed by atoms with Gasteiger partial charge in [0.15, 0.2) is 0 Å². The molecule has 5 nitrogen and oxygen atoms in total. The molecule has 1 aromatic rings. The van der Waals surface area contributed by atoms with Crippen LogP contribution >= 0.6 is 11.3 Å². The van der Waals surface area contributed by atoms with Crippen LogP contribution in [0, 0.1) is 11.3 Å². The molecule has 1 unspecified atom stereocenters. The molecule has 0 spiro atoms. The van der Waals surface area contributed by atoms with Crippen molar-refractivity contribution in [2.24, 2.45) is 5.73 Å². The lowest BCUT2D eigenvalue weighted by Crippen LogP contribution is -2.35. The topological polar surface area (TPSA) is 88.1 Å². The lowest BCUT2D eigenvalue weighted by atomic mass is 10.1. The van der Waals surface area contributed by atoms with Gasteiger partial charge in [0.2, 0.25) is 0 Å². The second-order valence-electron chi connectivity index (χ2n) is 4.83. The van der Waals surface area contributed by atoms with Crippen molar-refractivity contribution in [3.05, 3.63) is 16.0 Å². The highest BCUT2D eigenvalue weighted by Gasteiger charge is 2.23. The quantitative estimate of drug-likeness (QED) is 0.829. The summed E-state index contributed by atoms with van der Waals surface area (Å²) in [6.45, 7) is 0.120. The highest BCUT2D eigenvalue weighted by Crippen LogP contribution is 2.37. The summed E-state index contributed by atoms with van der Waals surface area (Å²) >= 11 is 1.52. The number of nitrogens with zero attached hydrogens (tertiary/aromatic N) is 1. The monoisotopic (exact) mass is 293 g/mol. The van der Waals surface area contributed by atoms with Crippen molar-refractivity contribution in [3.8, 4) is 6.07 Å². The molecular formula is C14H19N3O2S. The molecule has 1 amide bonds. The molecule has 2 rings (SSSR count). The number of nitrogens with one attached hydrogen (secondary N) is 1. The van der Waals surface area contributed by atoms with Crippen LogP contribution in [-0.2, 0) is 22.4 Å². The fourth-order valence-corrected chi connectivity index (χ4v) is 3.69. The van der Waals surface area contributed by atoms with Crippen LogP contribution in [0.4, 0.5) is 5.00 Å². The average molecular weight is 293 g/mol. The van der Waals surface area contributed by atoms with Gasteiger partial charge in [0, 0.05) is 18.5 Å². The van der Waals surface area contributed by atoms with Gasteiger partial charge in [-0.2, -0.15) is 5.26 Å². The number of carbonyl (C=O) groups excluding carboxylic acids is 1. The number of anilines is 1. The lowest BCUT2D eigenvalue weighted by Gasteiger charge is -2.12. The van der Waals surface area contributed by atoms with E-state index >= 15 is 0 Å². The zero-order valence-corrected chi connectivity index (χ0v) is 12.4. The minimum Gasteiger partial charge on any atom is -0.370 e. The molecule has 0 radical (unpaired) electrons. The number of aryl methyl sites for hydroxylation is 1.